The van der Waals surface area contributed by atoms with Crippen molar-refractivity contribution in [3.05, 3.63) is 60.4 Å². The molecule has 3 atom stereocenters. The van der Waals surface area contributed by atoms with Crippen LogP contribution >= 0.6 is 0 Å². The molecule has 278 valence electrons. The van der Waals surface area contributed by atoms with E-state index >= 15 is 0 Å². The summed E-state index contributed by atoms with van der Waals surface area (Å²) in [5.74, 6) is 0.788. The molecule has 14 heteroatoms. The zero-order valence-electron chi connectivity index (χ0n) is 31.0. The van der Waals surface area contributed by atoms with Crippen LogP contribution < -0.4 is 10.6 Å². The van der Waals surface area contributed by atoms with Crippen molar-refractivity contribution in [2.75, 3.05) is 27.3 Å². The predicted molar refractivity (Wildman–Crippen MR) is 197 cm³/mol. The molecule has 0 radical (unpaired) electrons. The molecule has 0 aliphatic carbocycles. The first kappa shape index (κ1) is 37.8. The molecule has 4 amide bonds. The van der Waals surface area contributed by atoms with Gasteiger partial charge in [0.1, 0.15) is 23.7 Å². The number of hydrogen-bond acceptors (Lipinski definition) is 8. The molecule has 14 nitrogen and oxygen atoms in total. The Kier molecular flexibility index (Phi) is 12.2. The molecule has 4 N–H and O–H groups in total. The molecule has 0 saturated carbocycles. The minimum Gasteiger partial charge on any atom is -0.453 e. The lowest BCUT2D eigenvalue weighted by molar-refractivity contribution is -0.136. The summed E-state index contributed by atoms with van der Waals surface area (Å²) in [6, 6.07) is 10.8. The number of amides is 4. The Morgan fingerprint density at radius 2 is 1.44 bits per heavy atom. The van der Waals surface area contributed by atoms with E-state index in [1.54, 1.807) is 22.2 Å². The maximum Gasteiger partial charge on any atom is 0.407 e. The van der Waals surface area contributed by atoms with Crippen LogP contribution in [0.4, 0.5) is 9.59 Å². The number of ether oxygens (including phenoxy) is 2. The maximum atomic E-state index is 13.5. The molecule has 1 saturated heterocycles. The van der Waals surface area contributed by atoms with Crippen LogP contribution in [0, 0.1) is 11.8 Å². The quantitative estimate of drug-likeness (QED) is 0.135. The number of imidazole rings is 2. The van der Waals surface area contributed by atoms with Gasteiger partial charge in [0.25, 0.3) is 0 Å². The number of nitrogens with one attached hydrogen (secondary N) is 4. The van der Waals surface area contributed by atoms with E-state index < -0.39 is 24.3 Å². The summed E-state index contributed by atoms with van der Waals surface area (Å²) in [5, 5.41) is 7.44. The van der Waals surface area contributed by atoms with Crippen molar-refractivity contribution < 1.29 is 28.7 Å². The lowest BCUT2D eigenvalue weighted by Gasteiger charge is -2.30. The second kappa shape index (κ2) is 16.7. The fraction of sp³-hybridized carbons (Fsp3) is 0.474. The molecular weight excluding hydrogens is 664 g/mol. The van der Waals surface area contributed by atoms with Gasteiger partial charge in [0.05, 0.1) is 50.6 Å². The van der Waals surface area contributed by atoms with Gasteiger partial charge in [-0.15, -0.1) is 0 Å². The SMILES string of the molecule is CCCN(Cc1ncc(-c2ccc3cc(-c4cnc([C@@H]5CCCN5C(=O)[C@@H](NC(=O)OC)C(C)C)[nH]4)ccc3c2)[nH]1)C(=O)[C@@H](NC(=O)OC)C(C)C. The van der Waals surface area contributed by atoms with E-state index in [0.29, 0.717) is 24.7 Å². The van der Waals surface area contributed by atoms with Crippen molar-refractivity contribution in [3.63, 3.8) is 0 Å². The lowest BCUT2D eigenvalue weighted by Crippen LogP contribution is -2.51. The van der Waals surface area contributed by atoms with Crippen LogP contribution in [-0.4, -0.2) is 93.1 Å². The topological polar surface area (TPSA) is 175 Å². The maximum absolute atomic E-state index is 13.5. The van der Waals surface area contributed by atoms with Crippen LogP contribution in [0.15, 0.2) is 48.8 Å². The molecule has 1 fully saturated rings. The van der Waals surface area contributed by atoms with E-state index in [1.165, 1.54) is 14.2 Å². The van der Waals surface area contributed by atoms with Gasteiger partial charge in [0.15, 0.2) is 0 Å². The second-order valence-corrected chi connectivity index (χ2v) is 13.9. The summed E-state index contributed by atoms with van der Waals surface area (Å²) in [6.45, 7) is 10.9. The molecule has 1 aliphatic rings. The van der Waals surface area contributed by atoms with Crippen molar-refractivity contribution >= 4 is 34.8 Å². The zero-order valence-corrected chi connectivity index (χ0v) is 31.0. The first-order chi connectivity index (χ1) is 24.9. The van der Waals surface area contributed by atoms with E-state index in [4.69, 9.17) is 9.47 Å². The number of nitrogens with zero attached hydrogens (tertiary/aromatic N) is 4. The summed E-state index contributed by atoms with van der Waals surface area (Å²) < 4.78 is 9.49. The fourth-order valence-electron chi connectivity index (χ4n) is 6.63. The van der Waals surface area contributed by atoms with Gasteiger partial charge in [0.2, 0.25) is 11.8 Å². The molecule has 3 heterocycles. The van der Waals surface area contributed by atoms with E-state index in [0.717, 1.165) is 52.5 Å². The third kappa shape index (κ3) is 8.55. The van der Waals surface area contributed by atoms with Gasteiger partial charge >= 0.3 is 12.2 Å². The Morgan fingerprint density at radius 3 is 2.02 bits per heavy atom. The first-order valence-electron chi connectivity index (χ1n) is 17.9. The Morgan fingerprint density at radius 1 is 0.865 bits per heavy atom. The van der Waals surface area contributed by atoms with E-state index in [-0.39, 0.29) is 36.2 Å². The minimum atomic E-state index is -0.715. The van der Waals surface area contributed by atoms with Crippen LogP contribution in [-0.2, 0) is 25.6 Å². The number of H-pyrrole nitrogens is 2. The first-order valence-corrected chi connectivity index (χ1v) is 17.9. The fourth-order valence-corrected chi connectivity index (χ4v) is 6.63. The summed E-state index contributed by atoms with van der Waals surface area (Å²) in [6.07, 6.45) is 4.66. The summed E-state index contributed by atoms with van der Waals surface area (Å²) in [4.78, 5) is 70.4. The highest BCUT2D eigenvalue weighted by Gasteiger charge is 2.37. The third-order valence-electron chi connectivity index (χ3n) is 9.47. The molecule has 0 bridgehead atoms. The van der Waals surface area contributed by atoms with Crippen molar-refractivity contribution in [1.82, 2.24) is 40.4 Å². The minimum absolute atomic E-state index is 0.110. The van der Waals surface area contributed by atoms with Gasteiger partial charge in [-0.1, -0.05) is 58.9 Å². The molecule has 0 spiro atoms. The number of fused-ring (bicyclic) bond motifs is 1. The van der Waals surface area contributed by atoms with Gasteiger partial charge in [-0.05, 0) is 54.0 Å². The summed E-state index contributed by atoms with van der Waals surface area (Å²) in [7, 11) is 2.56. The van der Waals surface area contributed by atoms with Gasteiger partial charge in [0, 0.05) is 24.2 Å². The van der Waals surface area contributed by atoms with Gasteiger partial charge in [-0.25, -0.2) is 19.6 Å². The standard InChI is InChI=1S/C38H50N8O6/c1-8-15-45(35(47)32(22(2)3)43-37(49)51-6)21-31-39-19-28(41-31)26-13-11-25-18-27(14-12-24(25)17-26)29-20-40-34(42-29)30-10-9-16-46(30)36(48)33(23(4)5)44-38(50)52-7/h11-14,17-20,22-23,30,32-33H,8-10,15-16,21H2,1-7H3,(H,39,41)(H,40,42)(H,43,49)(H,44,50)/t30-,32-,33-/m0/s1. The molecule has 0 unspecified atom stereocenters. The number of aromatic amines is 2. The van der Waals surface area contributed by atoms with E-state index in [1.807, 2.05) is 46.8 Å². The Labute approximate surface area is 304 Å². The van der Waals surface area contributed by atoms with Crippen molar-refractivity contribution in [3.8, 4) is 22.5 Å². The van der Waals surface area contributed by atoms with E-state index in [9.17, 15) is 19.2 Å². The molecular formula is C38H50N8O6. The average molecular weight is 715 g/mol. The number of rotatable bonds is 13. The van der Waals surface area contributed by atoms with Crippen LogP contribution in [0.25, 0.3) is 33.3 Å². The van der Waals surface area contributed by atoms with Gasteiger partial charge < -0.3 is 39.9 Å². The normalized spacial score (nSPS) is 15.5. The van der Waals surface area contributed by atoms with Crippen LogP contribution in [0.3, 0.4) is 0 Å². The largest absolute Gasteiger partial charge is 0.453 e. The van der Waals surface area contributed by atoms with Gasteiger partial charge in [-0.3, -0.25) is 9.59 Å². The number of methoxy groups -OCH3 is 2. The summed E-state index contributed by atoms with van der Waals surface area (Å²) in [5.41, 5.74) is 3.59. The van der Waals surface area contributed by atoms with Crippen molar-refractivity contribution in [2.24, 2.45) is 11.8 Å². The monoisotopic (exact) mass is 714 g/mol. The van der Waals surface area contributed by atoms with Gasteiger partial charge in [-0.2, -0.15) is 0 Å². The predicted octanol–water partition coefficient (Wildman–Crippen LogP) is 5.78. The number of carbonyl (C=O) groups is 4. The lowest BCUT2D eigenvalue weighted by atomic mass is 10.0. The highest BCUT2D eigenvalue weighted by atomic mass is 16.5. The highest BCUT2D eigenvalue weighted by molar-refractivity contribution is 5.90. The molecule has 2 aromatic carbocycles. The Bertz CT molecular complexity index is 1880. The molecule has 1 aliphatic heterocycles. The van der Waals surface area contributed by atoms with Crippen LogP contribution in [0.2, 0.25) is 0 Å². The Hall–Kier alpha value is -5.40. The Balaban J connectivity index is 1.29. The highest BCUT2D eigenvalue weighted by Crippen LogP contribution is 2.34. The summed E-state index contributed by atoms with van der Waals surface area (Å²) >= 11 is 0. The van der Waals surface area contributed by atoms with Crippen molar-refractivity contribution in [2.45, 2.75) is 78.6 Å². The number of hydrogen-bond donors (Lipinski definition) is 4. The van der Waals surface area contributed by atoms with Crippen molar-refractivity contribution in [1.29, 1.82) is 0 Å². The second-order valence-electron chi connectivity index (χ2n) is 13.9. The smallest absolute Gasteiger partial charge is 0.407 e. The number of likely N-dealkylation sites (tertiary alicyclic amines) is 1. The average Bonchev–Trinajstić information content (AvgIpc) is 3.93. The third-order valence-corrected chi connectivity index (χ3v) is 9.47. The zero-order chi connectivity index (χ0) is 37.5. The number of alkyl carbamates (subject to hydrolysis) is 2. The van der Waals surface area contributed by atoms with E-state index in [2.05, 4.69) is 54.8 Å². The molecule has 4 aromatic rings. The molecule has 5 rings (SSSR count). The van der Waals surface area contributed by atoms with Crippen LogP contribution in [0.1, 0.15) is 71.6 Å². The molecule has 2 aromatic heterocycles. The number of carbonyl (C=O) groups excluding carboxylic acids is 4. The molecule has 52 heavy (non-hydrogen) atoms. The van der Waals surface area contributed by atoms with Crippen LogP contribution in [0.5, 0.6) is 0 Å². The number of aromatic nitrogens is 4. The number of benzene rings is 2.